The van der Waals surface area contributed by atoms with Gasteiger partial charge in [0.2, 0.25) is 0 Å². The highest BCUT2D eigenvalue weighted by atomic mass is 35.5. The molecule has 1 N–H and O–H groups in total. The Morgan fingerprint density at radius 3 is 2.42 bits per heavy atom. The number of anilines is 3. The molecule has 0 unspecified atom stereocenters. The number of likely N-dealkylation sites (N-methyl/N-ethyl adjacent to an activating group) is 1. The lowest BCUT2D eigenvalue weighted by atomic mass is 9.97. The van der Waals surface area contributed by atoms with E-state index in [-0.39, 0.29) is 11.6 Å². The van der Waals surface area contributed by atoms with Crippen molar-refractivity contribution >= 4 is 40.3 Å². The van der Waals surface area contributed by atoms with Crippen LogP contribution in [0.3, 0.4) is 0 Å². The number of carbonyl (C=O) groups is 1. The predicted molar refractivity (Wildman–Crippen MR) is 133 cm³/mol. The molecule has 2 aliphatic rings. The molecule has 176 valence electrons. The SMILES string of the molecule is CC1CCN(c2ccc([N+](=O)[O-])cc2C(=O)Nc2cccc(Cl)c2N2CCN(C)CC2)CC1. The van der Waals surface area contributed by atoms with Gasteiger partial charge in [-0.15, -0.1) is 0 Å². The average Bonchev–Trinajstić information content (AvgIpc) is 2.80. The molecule has 2 fully saturated rings. The number of amides is 1. The molecule has 0 atom stereocenters. The molecule has 0 spiro atoms. The van der Waals surface area contributed by atoms with Crippen LogP contribution in [0.4, 0.5) is 22.7 Å². The van der Waals surface area contributed by atoms with Gasteiger partial charge in [0.15, 0.2) is 0 Å². The Bertz CT molecular complexity index is 1030. The molecule has 0 bridgehead atoms. The van der Waals surface area contributed by atoms with Crippen LogP contribution in [0.5, 0.6) is 0 Å². The molecule has 0 aliphatic carbocycles. The zero-order chi connectivity index (χ0) is 23.5. The van der Waals surface area contributed by atoms with Crippen molar-refractivity contribution in [1.29, 1.82) is 0 Å². The summed E-state index contributed by atoms with van der Waals surface area (Å²) in [6.07, 6.45) is 2.06. The van der Waals surface area contributed by atoms with Crippen LogP contribution in [-0.2, 0) is 0 Å². The minimum absolute atomic E-state index is 0.0975. The maximum Gasteiger partial charge on any atom is 0.270 e. The van der Waals surface area contributed by atoms with Crippen LogP contribution in [0.2, 0.25) is 5.02 Å². The lowest BCUT2D eigenvalue weighted by Gasteiger charge is -2.35. The number of benzene rings is 2. The second kappa shape index (κ2) is 9.97. The monoisotopic (exact) mass is 471 g/mol. The summed E-state index contributed by atoms with van der Waals surface area (Å²) >= 11 is 6.56. The first-order valence-corrected chi connectivity index (χ1v) is 11.8. The van der Waals surface area contributed by atoms with E-state index in [1.165, 1.54) is 12.1 Å². The molecular formula is C24H30ClN5O3. The molecule has 2 heterocycles. The van der Waals surface area contributed by atoms with Crippen molar-refractivity contribution in [2.75, 3.05) is 61.4 Å². The number of hydrogen-bond acceptors (Lipinski definition) is 6. The number of piperazine rings is 1. The Morgan fingerprint density at radius 1 is 1.06 bits per heavy atom. The highest BCUT2D eigenvalue weighted by Gasteiger charge is 2.25. The van der Waals surface area contributed by atoms with Crippen LogP contribution >= 0.6 is 11.6 Å². The number of non-ortho nitro benzene ring substituents is 1. The molecule has 4 rings (SSSR count). The Labute approximate surface area is 199 Å². The van der Waals surface area contributed by atoms with Crippen LogP contribution in [0.15, 0.2) is 36.4 Å². The number of rotatable bonds is 5. The van der Waals surface area contributed by atoms with Crippen LogP contribution in [0.1, 0.15) is 30.1 Å². The number of halogens is 1. The Morgan fingerprint density at radius 2 is 1.76 bits per heavy atom. The van der Waals surface area contributed by atoms with E-state index in [4.69, 9.17) is 11.6 Å². The van der Waals surface area contributed by atoms with Gasteiger partial charge in [0, 0.05) is 51.4 Å². The maximum absolute atomic E-state index is 13.5. The smallest absolute Gasteiger partial charge is 0.270 e. The summed E-state index contributed by atoms with van der Waals surface area (Å²) in [5, 5.41) is 15.0. The van der Waals surface area contributed by atoms with Crippen molar-refractivity contribution in [2.45, 2.75) is 19.8 Å². The van der Waals surface area contributed by atoms with E-state index in [2.05, 4.69) is 34.0 Å². The van der Waals surface area contributed by atoms with Crippen LogP contribution < -0.4 is 15.1 Å². The number of piperidine rings is 1. The second-order valence-corrected chi connectivity index (χ2v) is 9.42. The summed E-state index contributed by atoms with van der Waals surface area (Å²) in [5.74, 6) is 0.263. The number of para-hydroxylation sites is 1. The largest absolute Gasteiger partial charge is 0.371 e. The third kappa shape index (κ3) is 5.23. The van der Waals surface area contributed by atoms with Gasteiger partial charge in [0.25, 0.3) is 11.6 Å². The van der Waals surface area contributed by atoms with E-state index < -0.39 is 4.92 Å². The maximum atomic E-state index is 13.5. The summed E-state index contributed by atoms with van der Waals surface area (Å²) in [5.41, 5.74) is 2.34. The Balaban J connectivity index is 1.65. The minimum Gasteiger partial charge on any atom is -0.371 e. The minimum atomic E-state index is -0.464. The van der Waals surface area contributed by atoms with Crippen LogP contribution in [-0.4, -0.2) is 62.0 Å². The highest BCUT2D eigenvalue weighted by molar-refractivity contribution is 6.34. The van der Waals surface area contributed by atoms with Crippen molar-refractivity contribution in [2.24, 2.45) is 5.92 Å². The van der Waals surface area contributed by atoms with Gasteiger partial charge in [-0.1, -0.05) is 24.6 Å². The first kappa shape index (κ1) is 23.3. The highest BCUT2D eigenvalue weighted by Crippen LogP contribution is 2.36. The van der Waals surface area contributed by atoms with Gasteiger partial charge in [-0.25, -0.2) is 0 Å². The number of carbonyl (C=O) groups excluding carboxylic acids is 1. The first-order chi connectivity index (χ1) is 15.8. The van der Waals surface area contributed by atoms with Crippen molar-refractivity contribution in [3.8, 4) is 0 Å². The summed E-state index contributed by atoms with van der Waals surface area (Å²) in [6, 6.07) is 10.00. The molecule has 0 aromatic heterocycles. The molecule has 0 radical (unpaired) electrons. The fraction of sp³-hybridized carbons (Fsp3) is 0.458. The molecule has 2 aliphatic heterocycles. The molecule has 8 nitrogen and oxygen atoms in total. The third-order valence-corrected chi connectivity index (χ3v) is 6.92. The standard InChI is InChI=1S/C24H30ClN5O3/c1-17-8-10-28(11-9-17)22-7-6-18(30(32)33)16-19(22)24(31)26-21-5-3-4-20(25)23(21)29-14-12-27(2)13-15-29/h3-7,16-17H,8-15H2,1-2H3,(H,26,31). The topological polar surface area (TPSA) is 82.0 Å². The summed E-state index contributed by atoms with van der Waals surface area (Å²) in [6.45, 7) is 7.28. The van der Waals surface area contributed by atoms with Crippen molar-refractivity contribution < 1.29 is 9.72 Å². The molecule has 9 heteroatoms. The lowest BCUT2D eigenvalue weighted by Crippen LogP contribution is -2.44. The van der Waals surface area contributed by atoms with Gasteiger partial charge in [-0.2, -0.15) is 0 Å². The second-order valence-electron chi connectivity index (χ2n) is 9.01. The number of hydrogen-bond donors (Lipinski definition) is 1. The fourth-order valence-electron chi connectivity index (χ4n) is 4.50. The van der Waals surface area contributed by atoms with Crippen molar-refractivity contribution in [3.63, 3.8) is 0 Å². The summed E-state index contributed by atoms with van der Waals surface area (Å²) < 4.78 is 0. The van der Waals surface area contributed by atoms with Crippen molar-refractivity contribution in [3.05, 3.63) is 57.1 Å². The number of nitro groups is 1. The van der Waals surface area contributed by atoms with Crippen LogP contribution in [0, 0.1) is 16.0 Å². The van der Waals surface area contributed by atoms with E-state index in [0.29, 0.717) is 22.2 Å². The van der Waals surface area contributed by atoms with Gasteiger partial charge in [-0.05, 0) is 44.0 Å². The third-order valence-electron chi connectivity index (χ3n) is 6.61. The zero-order valence-corrected chi connectivity index (χ0v) is 19.8. The molecular weight excluding hydrogens is 442 g/mol. The number of nitrogens with one attached hydrogen (secondary N) is 1. The molecule has 0 saturated carbocycles. The van der Waals surface area contributed by atoms with E-state index in [1.54, 1.807) is 12.1 Å². The summed E-state index contributed by atoms with van der Waals surface area (Å²) in [7, 11) is 2.08. The number of nitro benzene ring substituents is 1. The van der Waals surface area contributed by atoms with Crippen LogP contribution in [0.25, 0.3) is 0 Å². The van der Waals surface area contributed by atoms with Gasteiger partial charge in [0.05, 0.1) is 32.6 Å². The predicted octanol–water partition coefficient (Wildman–Crippen LogP) is 4.49. The zero-order valence-electron chi connectivity index (χ0n) is 19.1. The first-order valence-electron chi connectivity index (χ1n) is 11.4. The van der Waals surface area contributed by atoms with Gasteiger partial charge in [0.1, 0.15) is 0 Å². The van der Waals surface area contributed by atoms with Gasteiger partial charge < -0.3 is 20.0 Å². The summed E-state index contributed by atoms with van der Waals surface area (Å²) in [4.78, 5) is 31.0. The van der Waals surface area contributed by atoms with E-state index in [1.807, 2.05) is 12.1 Å². The lowest BCUT2D eigenvalue weighted by molar-refractivity contribution is -0.384. The Kier molecular flexibility index (Phi) is 7.05. The van der Waals surface area contributed by atoms with Gasteiger partial charge in [-0.3, -0.25) is 14.9 Å². The van der Waals surface area contributed by atoms with E-state index in [0.717, 1.165) is 63.5 Å². The van der Waals surface area contributed by atoms with Gasteiger partial charge >= 0.3 is 0 Å². The van der Waals surface area contributed by atoms with Crippen molar-refractivity contribution in [1.82, 2.24) is 4.90 Å². The number of nitrogens with zero attached hydrogens (tertiary/aromatic N) is 4. The average molecular weight is 472 g/mol. The molecule has 1 amide bonds. The molecule has 2 aromatic rings. The Hall–Kier alpha value is -2.84. The quantitative estimate of drug-likeness (QED) is 0.511. The molecule has 2 aromatic carbocycles. The van der Waals surface area contributed by atoms with E-state index >= 15 is 0 Å². The van der Waals surface area contributed by atoms with E-state index in [9.17, 15) is 14.9 Å². The molecule has 2 saturated heterocycles. The molecule has 33 heavy (non-hydrogen) atoms. The normalized spacial score (nSPS) is 17.8. The fourth-order valence-corrected chi connectivity index (χ4v) is 4.80.